The molecule has 0 unspecified atom stereocenters. The number of nitrogens with two attached hydrogens (primary N) is 1. The molecule has 7 heteroatoms. The Kier molecular flexibility index (Phi) is 6.17. The van der Waals surface area contributed by atoms with E-state index in [0.29, 0.717) is 12.2 Å². The van der Waals surface area contributed by atoms with Gasteiger partial charge < -0.3 is 25.8 Å². The molecular weight excluding hydrogens is 250 g/mol. The van der Waals surface area contributed by atoms with Gasteiger partial charge >= 0.3 is 6.09 Å². The summed E-state index contributed by atoms with van der Waals surface area (Å²) in [6, 6.07) is 6.99. The highest BCUT2D eigenvalue weighted by atomic mass is 16.5. The first-order chi connectivity index (χ1) is 9.11. The molecule has 1 rings (SSSR count). The van der Waals surface area contributed by atoms with Gasteiger partial charge in [-0.15, -0.1) is 0 Å². The van der Waals surface area contributed by atoms with Gasteiger partial charge in [-0.1, -0.05) is 0 Å². The lowest BCUT2D eigenvalue weighted by molar-refractivity contribution is -0.115. The number of primary amides is 1. The van der Waals surface area contributed by atoms with Crippen LogP contribution in [-0.4, -0.2) is 38.8 Å². The van der Waals surface area contributed by atoms with Crippen molar-refractivity contribution in [3.63, 3.8) is 0 Å². The molecule has 0 saturated heterocycles. The summed E-state index contributed by atoms with van der Waals surface area (Å²) in [5.74, 6) is 0.531. The zero-order valence-electron chi connectivity index (χ0n) is 10.6. The Labute approximate surface area is 111 Å². The fraction of sp³-hybridized carbons (Fsp3) is 0.333. The summed E-state index contributed by atoms with van der Waals surface area (Å²) < 4.78 is 9.51. The average molecular weight is 267 g/mol. The molecule has 0 fully saturated rings. The van der Waals surface area contributed by atoms with Crippen LogP contribution in [0.15, 0.2) is 24.3 Å². The van der Waals surface area contributed by atoms with Crippen LogP contribution in [0.3, 0.4) is 0 Å². The van der Waals surface area contributed by atoms with Crippen LogP contribution < -0.4 is 21.1 Å². The Bertz CT molecular complexity index is 419. The van der Waals surface area contributed by atoms with Crippen molar-refractivity contribution in [2.45, 2.75) is 0 Å². The Morgan fingerprint density at radius 1 is 1.26 bits per heavy atom. The number of hydrogen-bond acceptors (Lipinski definition) is 5. The van der Waals surface area contributed by atoms with Crippen LogP contribution in [0.25, 0.3) is 0 Å². The quantitative estimate of drug-likeness (QED) is 0.617. The van der Waals surface area contributed by atoms with Crippen LogP contribution in [0.1, 0.15) is 0 Å². The number of carbonyl (C=O) groups is 2. The van der Waals surface area contributed by atoms with Gasteiger partial charge in [-0.25, -0.2) is 4.79 Å². The second-order valence-corrected chi connectivity index (χ2v) is 3.62. The van der Waals surface area contributed by atoms with Gasteiger partial charge in [0.05, 0.1) is 13.7 Å². The summed E-state index contributed by atoms with van der Waals surface area (Å²) in [6.07, 6.45) is -0.829. The van der Waals surface area contributed by atoms with Crippen molar-refractivity contribution in [1.29, 1.82) is 0 Å². The lowest BCUT2D eigenvalue weighted by Crippen LogP contribution is -2.31. The Hall–Kier alpha value is -2.28. The average Bonchev–Trinajstić information content (AvgIpc) is 2.39. The minimum atomic E-state index is -0.829. The molecule has 4 N–H and O–H groups in total. The maximum atomic E-state index is 11.5. The summed E-state index contributed by atoms with van der Waals surface area (Å²) in [7, 11) is 1.58. The van der Waals surface area contributed by atoms with E-state index in [-0.39, 0.29) is 19.1 Å². The first kappa shape index (κ1) is 14.8. The van der Waals surface area contributed by atoms with Crippen molar-refractivity contribution in [3.8, 4) is 5.75 Å². The van der Waals surface area contributed by atoms with Crippen molar-refractivity contribution in [2.24, 2.45) is 5.73 Å². The monoisotopic (exact) mass is 267 g/mol. The van der Waals surface area contributed by atoms with Gasteiger partial charge in [-0.05, 0) is 24.3 Å². The molecule has 1 aromatic carbocycles. The van der Waals surface area contributed by atoms with Crippen LogP contribution in [0.4, 0.5) is 10.5 Å². The first-order valence-corrected chi connectivity index (χ1v) is 5.68. The molecule has 0 bridgehead atoms. The molecule has 1 aromatic rings. The standard InChI is InChI=1S/C12H17N3O4/c1-18-10-4-2-9(3-5-10)15-11(16)8-14-6-7-19-12(13)17/h2-5,14H,6-8H2,1H3,(H2,13,17)(H,15,16). The van der Waals surface area contributed by atoms with Gasteiger partial charge in [-0.2, -0.15) is 0 Å². The maximum absolute atomic E-state index is 11.5. The lowest BCUT2D eigenvalue weighted by atomic mass is 10.3. The van der Waals surface area contributed by atoms with Crippen LogP contribution in [-0.2, 0) is 9.53 Å². The van der Waals surface area contributed by atoms with Crippen molar-refractivity contribution in [2.75, 3.05) is 32.1 Å². The van der Waals surface area contributed by atoms with Gasteiger partial charge in [0.25, 0.3) is 0 Å². The fourth-order valence-corrected chi connectivity index (χ4v) is 1.31. The molecule has 104 valence electrons. The molecule has 7 nitrogen and oxygen atoms in total. The van der Waals surface area contributed by atoms with E-state index < -0.39 is 6.09 Å². The molecule has 0 atom stereocenters. The Balaban J connectivity index is 2.21. The topological polar surface area (TPSA) is 103 Å². The second kappa shape index (κ2) is 7.93. The van der Waals surface area contributed by atoms with Crippen molar-refractivity contribution in [3.05, 3.63) is 24.3 Å². The highest BCUT2D eigenvalue weighted by molar-refractivity contribution is 5.92. The zero-order valence-corrected chi connectivity index (χ0v) is 10.6. The van der Waals surface area contributed by atoms with Crippen molar-refractivity contribution < 1.29 is 19.1 Å². The third-order valence-electron chi connectivity index (χ3n) is 2.18. The van der Waals surface area contributed by atoms with E-state index in [1.807, 2.05) is 0 Å². The largest absolute Gasteiger partial charge is 0.497 e. The van der Waals surface area contributed by atoms with Gasteiger partial charge in [0.1, 0.15) is 12.4 Å². The summed E-state index contributed by atoms with van der Waals surface area (Å²) in [4.78, 5) is 21.8. The number of nitrogens with one attached hydrogen (secondary N) is 2. The summed E-state index contributed by atoms with van der Waals surface area (Å²) in [5, 5.41) is 5.52. The summed E-state index contributed by atoms with van der Waals surface area (Å²) in [5.41, 5.74) is 5.46. The van der Waals surface area contributed by atoms with E-state index in [9.17, 15) is 9.59 Å². The minimum Gasteiger partial charge on any atom is -0.497 e. The number of benzene rings is 1. The summed E-state index contributed by atoms with van der Waals surface area (Å²) >= 11 is 0. The number of amides is 2. The van der Waals surface area contributed by atoms with E-state index in [1.165, 1.54) is 0 Å². The van der Waals surface area contributed by atoms with E-state index in [0.717, 1.165) is 5.75 Å². The van der Waals surface area contributed by atoms with Crippen LogP contribution in [0.2, 0.25) is 0 Å². The highest BCUT2D eigenvalue weighted by Gasteiger charge is 2.02. The number of carbonyl (C=O) groups excluding carboxylic acids is 2. The third-order valence-corrected chi connectivity index (χ3v) is 2.18. The molecule has 0 aliphatic rings. The van der Waals surface area contributed by atoms with Gasteiger partial charge in [0.15, 0.2) is 0 Å². The van der Waals surface area contributed by atoms with Crippen molar-refractivity contribution in [1.82, 2.24) is 5.32 Å². The summed E-state index contributed by atoms with van der Waals surface area (Å²) in [6.45, 7) is 0.609. The Morgan fingerprint density at radius 2 is 1.95 bits per heavy atom. The van der Waals surface area contributed by atoms with E-state index in [1.54, 1.807) is 31.4 Å². The van der Waals surface area contributed by atoms with Crippen LogP contribution >= 0.6 is 0 Å². The van der Waals surface area contributed by atoms with E-state index in [2.05, 4.69) is 15.4 Å². The molecule has 0 spiro atoms. The molecule has 0 aliphatic carbocycles. The first-order valence-electron chi connectivity index (χ1n) is 5.68. The molecule has 19 heavy (non-hydrogen) atoms. The van der Waals surface area contributed by atoms with Crippen molar-refractivity contribution >= 4 is 17.7 Å². The van der Waals surface area contributed by atoms with Gasteiger partial charge in [-0.3, -0.25) is 4.79 Å². The normalized spacial score (nSPS) is 9.74. The van der Waals surface area contributed by atoms with Gasteiger partial charge in [0, 0.05) is 12.2 Å². The number of rotatable bonds is 7. The molecule has 0 heterocycles. The minimum absolute atomic E-state index is 0.119. The van der Waals surface area contributed by atoms with E-state index >= 15 is 0 Å². The van der Waals surface area contributed by atoms with Crippen LogP contribution in [0, 0.1) is 0 Å². The van der Waals surface area contributed by atoms with Crippen LogP contribution in [0.5, 0.6) is 5.75 Å². The molecular formula is C12H17N3O4. The molecule has 0 aliphatic heterocycles. The molecule has 2 amide bonds. The maximum Gasteiger partial charge on any atom is 0.404 e. The fourth-order valence-electron chi connectivity index (χ4n) is 1.31. The number of hydrogen-bond donors (Lipinski definition) is 3. The lowest BCUT2D eigenvalue weighted by Gasteiger charge is -2.07. The number of anilines is 1. The predicted octanol–water partition coefficient (Wildman–Crippen LogP) is 0.319. The molecule has 0 saturated carbocycles. The molecule has 0 aromatic heterocycles. The third kappa shape index (κ3) is 6.27. The van der Waals surface area contributed by atoms with Gasteiger partial charge in [0.2, 0.25) is 5.91 Å². The second-order valence-electron chi connectivity index (χ2n) is 3.62. The SMILES string of the molecule is COc1ccc(NC(=O)CNCCOC(N)=O)cc1. The zero-order chi connectivity index (χ0) is 14.1. The number of ether oxygens (including phenoxy) is 2. The predicted molar refractivity (Wildman–Crippen MR) is 70.0 cm³/mol. The highest BCUT2D eigenvalue weighted by Crippen LogP contribution is 2.14. The van der Waals surface area contributed by atoms with E-state index in [4.69, 9.17) is 10.5 Å². The number of methoxy groups -OCH3 is 1. The Morgan fingerprint density at radius 3 is 2.53 bits per heavy atom. The smallest absolute Gasteiger partial charge is 0.404 e. The molecule has 0 radical (unpaired) electrons.